The molecule has 2 rings (SSSR count). The summed E-state index contributed by atoms with van der Waals surface area (Å²) in [5.74, 6) is -0.543. The van der Waals surface area contributed by atoms with Crippen LogP contribution in [0.25, 0.3) is 0 Å². The molecule has 0 saturated heterocycles. The van der Waals surface area contributed by atoms with Gasteiger partial charge in [0.1, 0.15) is 5.56 Å². The van der Waals surface area contributed by atoms with Gasteiger partial charge in [-0.1, -0.05) is 11.6 Å². The van der Waals surface area contributed by atoms with Crippen molar-refractivity contribution in [3.05, 3.63) is 50.4 Å². The van der Waals surface area contributed by atoms with Crippen molar-refractivity contribution in [2.45, 2.75) is 31.7 Å². The van der Waals surface area contributed by atoms with Gasteiger partial charge in [0.2, 0.25) is 5.78 Å². The van der Waals surface area contributed by atoms with Crippen LogP contribution in [-0.2, 0) is 9.84 Å². The fourth-order valence-corrected chi connectivity index (χ4v) is 3.60. The summed E-state index contributed by atoms with van der Waals surface area (Å²) in [5, 5.41) is 2.77. The largest absolute Gasteiger partial charge is 0.302 e. The van der Waals surface area contributed by atoms with E-state index in [0.717, 1.165) is 6.26 Å². The smallest absolute Gasteiger partial charge is 0.277 e. The molecule has 2 aromatic rings. The molecule has 0 atom stereocenters. The second kappa shape index (κ2) is 5.98. The summed E-state index contributed by atoms with van der Waals surface area (Å²) >= 11 is 6.17. The average Bonchev–Trinajstić information content (AvgIpc) is 2.81. The lowest BCUT2D eigenvalue weighted by Crippen LogP contribution is -2.23. The van der Waals surface area contributed by atoms with Gasteiger partial charge in [-0.2, -0.15) is 0 Å². The highest BCUT2D eigenvalue weighted by Gasteiger charge is 2.23. The van der Waals surface area contributed by atoms with Crippen molar-refractivity contribution >= 4 is 27.2 Å². The van der Waals surface area contributed by atoms with E-state index in [2.05, 4.69) is 5.10 Å². The number of H-pyrrole nitrogens is 1. The van der Waals surface area contributed by atoms with Crippen LogP contribution in [0, 0.1) is 6.92 Å². The number of halogens is 1. The molecule has 0 unspecified atom stereocenters. The molecule has 0 aliphatic heterocycles. The summed E-state index contributed by atoms with van der Waals surface area (Å²) in [6, 6.07) is 2.55. The molecule has 0 saturated carbocycles. The number of ketones is 1. The first-order chi connectivity index (χ1) is 10.6. The van der Waals surface area contributed by atoms with Gasteiger partial charge in [-0.05, 0) is 38.5 Å². The third-order valence-corrected chi connectivity index (χ3v) is 5.27. The highest BCUT2D eigenvalue weighted by molar-refractivity contribution is 7.90. The fourth-order valence-electron chi connectivity index (χ4n) is 2.32. The Morgan fingerprint density at radius 2 is 1.87 bits per heavy atom. The van der Waals surface area contributed by atoms with Crippen LogP contribution in [0.3, 0.4) is 0 Å². The van der Waals surface area contributed by atoms with Gasteiger partial charge in [0, 0.05) is 24.1 Å². The molecular formula is C15H17ClN2O4S. The molecule has 0 radical (unpaired) electrons. The first kappa shape index (κ1) is 17.5. The SMILES string of the molecule is Cc1c(S(C)(=O)=O)ccc(C(=O)c2c[nH]n(C(C)C)c2=O)c1Cl. The van der Waals surface area contributed by atoms with E-state index >= 15 is 0 Å². The number of hydrogen-bond donors (Lipinski definition) is 1. The Balaban J connectivity index is 2.58. The average molecular weight is 357 g/mol. The topological polar surface area (TPSA) is 89.0 Å². The third kappa shape index (κ3) is 3.11. The van der Waals surface area contributed by atoms with Crippen molar-refractivity contribution in [1.29, 1.82) is 0 Å². The second-order valence-electron chi connectivity index (χ2n) is 5.61. The Hall–Kier alpha value is -1.86. The summed E-state index contributed by atoms with van der Waals surface area (Å²) in [6.07, 6.45) is 2.40. The van der Waals surface area contributed by atoms with Crippen LogP contribution in [0.1, 0.15) is 41.4 Å². The maximum absolute atomic E-state index is 12.6. The number of sulfone groups is 1. The Morgan fingerprint density at radius 3 is 2.35 bits per heavy atom. The number of carbonyl (C=O) groups is 1. The van der Waals surface area contributed by atoms with Crippen molar-refractivity contribution in [1.82, 2.24) is 9.78 Å². The molecule has 0 amide bonds. The van der Waals surface area contributed by atoms with Crippen LogP contribution in [0.4, 0.5) is 0 Å². The molecule has 0 fully saturated rings. The first-order valence-corrected chi connectivity index (χ1v) is 9.16. The van der Waals surface area contributed by atoms with Crippen molar-refractivity contribution in [3.8, 4) is 0 Å². The molecular weight excluding hydrogens is 340 g/mol. The van der Waals surface area contributed by atoms with Gasteiger partial charge >= 0.3 is 0 Å². The Labute approximate surface area is 139 Å². The number of benzene rings is 1. The Kier molecular flexibility index (Phi) is 4.54. The van der Waals surface area contributed by atoms with Gasteiger partial charge < -0.3 is 5.10 Å². The molecule has 124 valence electrons. The first-order valence-electron chi connectivity index (χ1n) is 6.89. The van der Waals surface area contributed by atoms with Gasteiger partial charge in [-0.25, -0.2) is 8.42 Å². The van der Waals surface area contributed by atoms with E-state index in [4.69, 9.17) is 11.6 Å². The van der Waals surface area contributed by atoms with Crippen LogP contribution in [0.5, 0.6) is 0 Å². The lowest BCUT2D eigenvalue weighted by Gasteiger charge is -2.09. The second-order valence-corrected chi connectivity index (χ2v) is 7.97. The number of nitrogens with zero attached hydrogens (tertiary/aromatic N) is 1. The normalized spacial score (nSPS) is 11.9. The molecule has 1 heterocycles. The number of nitrogens with one attached hydrogen (secondary N) is 1. The van der Waals surface area contributed by atoms with Crippen molar-refractivity contribution < 1.29 is 13.2 Å². The molecule has 0 aliphatic rings. The minimum atomic E-state index is -3.45. The lowest BCUT2D eigenvalue weighted by molar-refractivity contribution is 0.103. The van der Waals surface area contributed by atoms with E-state index in [0.29, 0.717) is 5.56 Å². The maximum atomic E-state index is 12.6. The summed E-state index contributed by atoms with van der Waals surface area (Å²) in [4.78, 5) is 24.9. The Bertz CT molecular complexity index is 939. The van der Waals surface area contributed by atoms with Gasteiger partial charge in [0.15, 0.2) is 9.84 Å². The van der Waals surface area contributed by atoms with Crippen molar-refractivity contribution in [3.63, 3.8) is 0 Å². The van der Waals surface area contributed by atoms with E-state index < -0.39 is 21.2 Å². The molecule has 1 aromatic heterocycles. The maximum Gasteiger partial charge on any atom is 0.277 e. The molecule has 0 aliphatic carbocycles. The van der Waals surface area contributed by atoms with E-state index in [-0.39, 0.29) is 27.1 Å². The Morgan fingerprint density at radius 1 is 1.26 bits per heavy atom. The predicted molar refractivity (Wildman–Crippen MR) is 88.2 cm³/mol. The molecule has 6 nitrogen and oxygen atoms in total. The molecule has 23 heavy (non-hydrogen) atoms. The summed E-state index contributed by atoms with van der Waals surface area (Å²) in [5.41, 5.74) is -0.0821. The number of carbonyl (C=O) groups excluding carboxylic acids is 1. The fraction of sp³-hybridized carbons (Fsp3) is 0.333. The highest BCUT2D eigenvalue weighted by Crippen LogP contribution is 2.28. The van der Waals surface area contributed by atoms with E-state index in [1.807, 2.05) is 13.8 Å². The van der Waals surface area contributed by atoms with Crippen molar-refractivity contribution in [2.24, 2.45) is 0 Å². The monoisotopic (exact) mass is 356 g/mol. The van der Waals surface area contributed by atoms with E-state index in [1.54, 1.807) is 0 Å². The molecule has 1 aromatic carbocycles. The minimum absolute atomic E-state index is 0.0351. The van der Waals surface area contributed by atoms with Gasteiger partial charge in [0.25, 0.3) is 5.56 Å². The molecule has 0 bridgehead atoms. The number of aromatic amines is 1. The van der Waals surface area contributed by atoms with Gasteiger partial charge in [-0.3, -0.25) is 14.3 Å². The van der Waals surface area contributed by atoms with Gasteiger partial charge in [-0.15, -0.1) is 0 Å². The summed E-state index contributed by atoms with van der Waals surface area (Å²) < 4.78 is 24.7. The zero-order valence-corrected chi connectivity index (χ0v) is 14.7. The van der Waals surface area contributed by atoms with Crippen LogP contribution in [-0.4, -0.2) is 30.2 Å². The van der Waals surface area contributed by atoms with Crippen molar-refractivity contribution in [2.75, 3.05) is 6.26 Å². The van der Waals surface area contributed by atoms with Crippen LogP contribution >= 0.6 is 11.6 Å². The molecule has 1 N–H and O–H groups in total. The van der Waals surface area contributed by atoms with Crippen LogP contribution in [0.15, 0.2) is 28.0 Å². The lowest BCUT2D eigenvalue weighted by atomic mass is 10.0. The third-order valence-electron chi connectivity index (χ3n) is 3.54. The van der Waals surface area contributed by atoms with Gasteiger partial charge in [0.05, 0.1) is 9.92 Å². The zero-order valence-electron chi connectivity index (χ0n) is 13.2. The van der Waals surface area contributed by atoms with E-state index in [9.17, 15) is 18.0 Å². The number of aromatic nitrogens is 2. The molecule has 8 heteroatoms. The van der Waals surface area contributed by atoms with E-state index in [1.165, 1.54) is 29.9 Å². The predicted octanol–water partition coefficient (Wildman–Crippen LogP) is 2.35. The number of rotatable bonds is 4. The summed E-state index contributed by atoms with van der Waals surface area (Å²) in [6.45, 7) is 5.15. The molecule has 0 spiro atoms. The highest BCUT2D eigenvalue weighted by atomic mass is 35.5. The number of hydrogen-bond acceptors (Lipinski definition) is 4. The van der Waals surface area contributed by atoms with Crippen LogP contribution in [0.2, 0.25) is 5.02 Å². The zero-order chi connectivity index (χ0) is 17.5. The standard InChI is InChI=1S/C15H17ClN2O4S/c1-8(2)18-15(20)11(7-17-18)14(19)10-5-6-12(23(4,21)22)9(3)13(10)16/h5-8,17H,1-4H3. The van der Waals surface area contributed by atoms with Crippen LogP contribution < -0.4 is 5.56 Å². The minimum Gasteiger partial charge on any atom is -0.302 e. The quantitative estimate of drug-likeness (QED) is 0.851. The summed E-state index contributed by atoms with van der Waals surface area (Å²) in [7, 11) is -3.45.